The zero-order valence-corrected chi connectivity index (χ0v) is 29.2. The topological polar surface area (TPSA) is 331 Å². The number of nitrogens with zero attached hydrogens (tertiary/aromatic N) is 1. The van der Waals surface area contributed by atoms with Gasteiger partial charge in [-0.3, -0.25) is 38.4 Å². The van der Waals surface area contributed by atoms with E-state index in [1.54, 1.807) is 0 Å². The van der Waals surface area contributed by atoms with Crippen LogP contribution >= 0.6 is 25.3 Å². The van der Waals surface area contributed by atoms with Gasteiger partial charge < -0.3 is 52.7 Å². The van der Waals surface area contributed by atoms with Crippen LogP contribution in [0, 0.1) is 0 Å². The Bertz CT molecular complexity index is 1060. The highest BCUT2D eigenvalue weighted by Gasteiger charge is 2.28. The largest absolute Gasteiger partial charge is 0.480 e. The van der Waals surface area contributed by atoms with E-state index in [-0.39, 0.29) is 30.9 Å². The van der Waals surface area contributed by atoms with Gasteiger partial charge in [-0.05, 0) is 51.7 Å². The molecule has 4 amide bonds. The minimum atomic E-state index is -1.43. The first kappa shape index (κ1) is 46.3. The normalized spacial score (nSPS) is 13.4. The van der Waals surface area contributed by atoms with Crippen molar-refractivity contribution < 1.29 is 58.8 Å². The lowest BCUT2D eigenvalue weighted by atomic mass is 10.1. The van der Waals surface area contributed by atoms with Crippen molar-refractivity contribution in [1.29, 1.82) is 0 Å². The van der Waals surface area contributed by atoms with Gasteiger partial charge in [0.05, 0.1) is 0 Å². The van der Waals surface area contributed by atoms with E-state index >= 15 is 0 Å². The number of nitrogens with one attached hydrogen (secondary N) is 7. The number of rotatable bonds is 30. The summed E-state index contributed by atoms with van der Waals surface area (Å²) in [6.07, 6.45) is 0.397. The van der Waals surface area contributed by atoms with Gasteiger partial charge in [-0.25, -0.2) is 10.9 Å². The number of carboxylic acids is 4. The molecule has 0 radical (unpaired) electrons. The van der Waals surface area contributed by atoms with E-state index < -0.39 is 97.6 Å². The quantitative estimate of drug-likeness (QED) is 0.0187. The summed E-state index contributed by atoms with van der Waals surface area (Å²) in [5.41, 5.74) is 10.8. The van der Waals surface area contributed by atoms with E-state index in [1.165, 1.54) is 0 Å². The second-order valence-corrected chi connectivity index (χ2v) is 11.4. The van der Waals surface area contributed by atoms with Crippen LogP contribution in [0.1, 0.15) is 44.9 Å². The highest BCUT2D eigenvalue weighted by Crippen LogP contribution is 2.05. The number of carboxylic acid groups (broad SMARTS) is 4. The summed E-state index contributed by atoms with van der Waals surface area (Å²) in [5, 5.41) is 50.4. The summed E-state index contributed by atoms with van der Waals surface area (Å²) in [5.74, 6) is -8.75. The highest BCUT2D eigenvalue weighted by atomic mass is 32.1. The van der Waals surface area contributed by atoms with Crippen molar-refractivity contribution in [1.82, 2.24) is 42.6 Å². The average molecular weight is 756 g/mol. The third kappa shape index (κ3) is 22.1. The molecular weight excluding hydrogens is 706 g/mol. The fourth-order valence-corrected chi connectivity index (χ4v) is 4.46. The fraction of sp³-hybridized carbons (Fsp3) is 0.704. The van der Waals surface area contributed by atoms with Gasteiger partial charge in [0.2, 0.25) is 23.6 Å². The van der Waals surface area contributed by atoms with Gasteiger partial charge in [0, 0.05) is 30.9 Å². The molecule has 0 aliphatic heterocycles. The maximum atomic E-state index is 12.5. The molecule has 0 aromatic carbocycles. The van der Waals surface area contributed by atoms with Crippen LogP contribution in [0.2, 0.25) is 0 Å². The number of carbonyl (C=O) groups is 8. The van der Waals surface area contributed by atoms with Crippen LogP contribution in [-0.2, 0) is 38.4 Å². The third-order valence-corrected chi connectivity index (χ3v) is 7.31. The van der Waals surface area contributed by atoms with Crippen LogP contribution in [0.3, 0.4) is 0 Å². The molecule has 0 bridgehead atoms. The summed E-state index contributed by atoms with van der Waals surface area (Å²) in [7, 11) is 0. The first-order valence-electron chi connectivity index (χ1n) is 15.6. The van der Waals surface area contributed by atoms with E-state index in [0.717, 1.165) is 11.5 Å². The first-order valence-corrected chi connectivity index (χ1v) is 16.9. The maximum absolute atomic E-state index is 12.5. The molecule has 13 N–H and O–H groups in total. The Labute approximate surface area is 299 Å². The van der Waals surface area contributed by atoms with Gasteiger partial charge in [0.1, 0.15) is 37.3 Å². The molecule has 50 heavy (non-hydrogen) atoms. The molecule has 21 nitrogen and oxygen atoms in total. The van der Waals surface area contributed by atoms with Crippen LogP contribution in [0.5, 0.6) is 0 Å². The number of carbonyl (C=O) groups excluding carboxylic acids is 4. The summed E-state index contributed by atoms with van der Waals surface area (Å²) >= 11 is 7.96. The minimum Gasteiger partial charge on any atom is -0.480 e. The smallest absolute Gasteiger partial charge is 0.322 e. The van der Waals surface area contributed by atoms with Crippen molar-refractivity contribution in [3.8, 4) is 0 Å². The Kier molecular flexibility index (Phi) is 25.0. The lowest BCUT2D eigenvalue weighted by molar-refractivity contribution is -0.144. The Morgan fingerprint density at radius 1 is 0.620 bits per heavy atom. The highest BCUT2D eigenvalue weighted by molar-refractivity contribution is 7.80. The second kappa shape index (κ2) is 27.0. The van der Waals surface area contributed by atoms with Crippen molar-refractivity contribution in [3.63, 3.8) is 0 Å². The number of hydrogen-bond acceptors (Lipinski definition) is 15. The zero-order valence-electron chi connectivity index (χ0n) is 27.4. The molecule has 0 spiro atoms. The number of aliphatic carboxylic acids is 4. The molecule has 0 rings (SSSR count). The predicted molar refractivity (Wildman–Crippen MR) is 183 cm³/mol. The average Bonchev–Trinajstić information content (AvgIpc) is 3.06. The molecule has 0 aliphatic carbocycles. The standard InChI is InChI=1S/C27H49N9O12S2/c28-8-3-10-29-9-1-2-11-36(34-16(26(45)46)4-6-20(37)32-18(14-49)24(43)30-12-22(39)40)35-17(27(47)48)5-7-21(38)33-19(15-50)25(44)31-13-23(41)42/h16-19,29,34-35,49-50H,1-15,28H2,(H,30,43)(H,31,44)(H,32,37)(H,33,38)(H,39,40)(H,41,42)(H,45,46)(H,47,48)/t16-,17-,18-,19-/m0/s1. The van der Waals surface area contributed by atoms with Gasteiger partial charge in [-0.1, -0.05) is 0 Å². The van der Waals surface area contributed by atoms with Gasteiger partial charge in [-0.15, -0.1) is 0 Å². The lowest BCUT2D eigenvalue weighted by Gasteiger charge is -2.30. The van der Waals surface area contributed by atoms with Crippen molar-refractivity contribution in [3.05, 3.63) is 0 Å². The Morgan fingerprint density at radius 3 is 1.40 bits per heavy atom. The van der Waals surface area contributed by atoms with Gasteiger partial charge in [-0.2, -0.15) is 30.4 Å². The maximum Gasteiger partial charge on any atom is 0.322 e. The SMILES string of the molecule is NCCCNCCCCN(N[C@@H](CCC(=O)N[C@@H](CS)C(=O)NCC(=O)O)C(=O)O)N[C@@H](CCC(=O)N[C@@H](CS)C(=O)NCC(=O)O)C(=O)O. The summed E-state index contributed by atoms with van der Waals surface area (Å²) in [6.45, 7) is 0.520. The van der Waals surface area contributed by atoms with Crippen LogP contribution in [0.25, 0.3) is 0 Å². The van der Waals surface area contributed by atoms with Crippen LogP contribution in [0.15, 0.2) is 0 Å². The van der Waals surface area contributed by atoms with Crippen LogP contribution in [-0.4, -0.2) is 148 Å². The van der Waals surface area contributed by atoms with E-state index in [9.17, 15) is 48.6 Å². The number of unbranched alkanes of at least 4 members (excludes halogenated alkanes) is 1. The lowest BCUT2D eigenvalue weighted by Crippen LogP contribution is -2.59. The van der Waals surface area contributed by atoms with Gasteiger partial charge in [0.15, 0.2) is 0 Å². The molecular formula is C27H49N9O12S2. The minimum absolute atomic E-state index is 0.0848. The number of hydrogen-bond donors (Lipinski definition) is 14. The first-order chi connectivity index (χ1) is 23.6. The van der Waals surface area contributed by atoms with E-state index in [2.05, 4.69) is 62.7 Å². The van der Waals surface area contributed by atoms with Crippen LogP contribution < -0.4 is 43.2 Å². The van der Waals surface area contributed by atoms with Crippen molar-refractivity contribution in [2.45, 2.75) is 69.1 Å². The molecule has 0 fully saturated rings. The Balaban J connectivity index is 5.54. The molecule has 0 aliphatic rings. The molecule has 0 unspecified atom stereocenters. The molecule has 286 valence electrons. The van der Waals surface area contributed by atoms with Crippen LogP contribution in [0.4, 0.5) is 0 Å². The van der Waals surface area contributed by atoms with Gasteiger partial charge >= 0.3 is 23.9 Å². The zero-order chi connectivity index (χ0) is 38.1. The number of hydrazine groups is 2. The summed E-state index contributed by atoms with van der Waals surface area (Å²) in [6, 6.07) is -5.23. The predicted octanol–water partition coefficient (Wildman–Crippen LogP) is -4.29. The fourth-order valence-electron chi connectivity index (χ4n) is 3.94. The van der Waals surface area contributed by atoms with E-state index in [1.807, 2.05) is 0 Å². The molecule has 0 saturated carbocycles. The third-order valence-electron chi connectivity index (χ3n) is 6.58. The van der Waals surface area contributed by atoms with Gasteiger partial charge in [0.25, 0.3) is 0 Å². The number of thiol groups is 2. The Morgan fingerprint density at radius 2 is 1.04 bits per heavy atom. The van der Waals surface area contributed by atoms with E-state index in [0.29, 0.717) is 32.5 Å². The molecule has 23 heteroatoms. The molecule has 0 heterocycles. The monoisotopic (exact) mass is 755 g/mol. The number of nitrogens with two attached hydrogens (primary N) is 1. The van der Waals surface area contributed by atoms with Crippen molar-refractivity contribution in [2.75, 3.05) is 50.8 Å². The molecule has 0 aromatic heterocycles. The summed E-state index contributed by atoms with van der Waals surface area (Å²) < 4.78 is 0. The molecule has 0 saturated heterocycles. The number of amides is 4. The van der Waals surface area contributed by atoms with E-state index in [4.69, 9.17) is 15.9 Å². The summed E-state index contributed by atoms with van der Waals surface area (Å²) in [4.78, 5) is 95.0. The van der Waals surface area contributed by atoms with Crippen molar-refractivity contribution >= 4 is 72.8 Å². The van der Waals surface area contributed by atoms with Crippen molar-refractivity contribution in [2.24, 2.45) is 5.73 Å². The second-order valence-electron chi connectivity index (χ2n) is 10.7. The Hall–Kier alpha value is -3.74. The molecule has 4 atom stereocenters. The molecule has 0 aromatic rings.